The van der Waals surface area contributed by atoms with E-state index < -0.39 is 0 Å². The maximum absolute atomic E-state index is 5.86. The molecule has 0 spiro atoms. The molecule has 1 aliphatic rings. The van der Waals surface area contributed by atoms with Crippen LogP contribution in [0.25, 0.3) is 0 Å². The first-order valence-electron chi connectivity index (χ1n) is 6.05. The Balaban J connectivity index is 2.09. The number of nitrogens with zero attached hydrogens (tertiary/aromatic N) is 2. The van der Waals surface area contributed by atoms with Crippen molar-refractivity contribution in [2.75, 3.05) is 0 Å². The van der Waals surface area contributed by atoms with E-state index in [1.54, 1.807) is 6.33 Å². The van der Waals surface area contributed by atoms with Crippen molar-refractivity contribution >= 4 is 0 Å². The maximum atomic E-state index is 5.86. The zero-order chi connectivity index (χ0) is 11.6. The minimum atomic E-state index is 0.0523. The summed E-state index contributed by atoms with van der Waals surface area (Å²) in [7, 11) is 0. The lowest BCUT2D eigenvalue weighted by Crippen LogP contribution is -2.16. The molecule has 88 valence electrons. The zero-order valence-corrected chi connectivity index (χ0v) is 10.4. The fourth-order valence-electron chi connectivity index (χ4n) is 1.99. The van der Waals surface area contributed by atoms with Crippen LogP contribution in [0.15, 0.2) is 12.4 Å². The van der Waals surface area contributed by atoms with Crippen LogP contribution in [0.4, 0.5) is 0 Å². The van der Waals surface area contributed by atoms with Gasteiger partial charge in [-0.15, -0.1) is 0 Å². The molecule has 1 aliphatic carbocycles. The summed E-state index contributed by atoms with van der Waals surface area (Å²) >= 11 is 0. The highest BCUT2D eigenvalue weighted by atomic mass is 16.5. The van der Waals surface area contributed by atoms with Crippen molar-refractivity contribution in [2.45, 2.75) is 58.0 Å². The van der Waals surface area contributed by atoms with Crippen LogP contribution in [-0.2, 0) is 5.41 Å². The van der Waals surface area contributed by atoms with Gasteiger partial charge in [0.2, 0.25) is 5.88 Å². The van der Waals surface area contributed by atoms with Gasteiger partial charge < -0.3 is 4.74 Å². The second kappa shape index (κ2) is 4.40. The van der Waals surface area contributed by atoms with E-state index in [0.717, 1.165) is 24.4 Å². The van der Waals surface area contributed by atoms with Crippen molar-refractivity contribution in [3.63, 3.8) is 0 Å². The second-order valence-corrected chi connectivity index (χ2v) is 5.52. The Hall–Kier alpha value is -1.12. The predicted octanol–water partition coefficient (Wildman–Crippen LogP) is 3.10. The van der Waals surface area contributed by atoms with Crippen molar-refractivity contribution < 1.29 is 4.74 Å². The van der Waals surface area contributed by atoms with E-state index in [-0.39, 0.29) is 5.41 Å². The molecule has 16 heavy (non-hydrogen) atoms. The average Bonchev–Trinajstić information content (AvgIpc) is 2.70. The molecular formula is C13H20N2O. The third-order valence-corrected chi connectivity index (χ3v) is 3.00. The Bertz CT molecular complexity index is 351. The van der Waals surface area contributed by atoms with Crippen molar-refractivity contribution in [1.29, 1.82) is 0 Å². The molecular weight excluding hydrogens is 200 g/mol. The predicted molar refractivity (Wildman–Crippen MR) is 63.6 cm³/mol. The SMILES string of the molecule is CC(C)(C)c1cc(OC2CCCC2)ncn1. The van der Waals surface area contributed by atoms with Crippen LogP contribution in [0.2, 0.25) is 0 Å². The molecule has 0 aromatic carbocycles. The highest BCUT2D eigenvalue weighted by Gasteiger charge is 2.19. The van der Waals surface area contributed by atoms with E-state index in [1.165, 1.54) is 12.8 Å². The number of hydrogen-bond donors (Lipinski definition) is 0. The molecule has 0 radical (unpaired) electrons. The van der Waals surface area contributed by atoms with Gasteiger partial charge in [-0.05, 0) is 25.7 Å². The average molecular weight is 220 g/mol. The molecule has 0 bridgehead atoms. The molecule has 3 heteroatoms. The van der Waals surface area contributed by atoms with E-state index in [4.69, 9.17) is 4.74 Å². The first-order chi connectivity index (χ1) is 7.55. The van der Waals surface area contributed by atoms with Crippen molar-refractivity contribution in [3.05, 3.63) is 18.1 Å². The van der Waals surface area contributed by atoms with E-state index >= 15 is 0 Å². The van der Waals surface area contributed by atoms with E-state index in [9.17, 15) is 0 Å². The standard InChI is InChI=1S/C13H20N2O/c1-13(2,3)11-8-12(15-9-14-11)16-10-6-4-5-7-10/h8-10H,4-7H2,1-3H3. The van der Waals surface area contributed by atoms with Crippen LogP contribution in [0.1, 0.15) is 52.1 Å². The number of hydrogen-bond acceptors (Lipinski definition) is 3. The summed E-state index contributed by atoms with van der Waals surface area (Å²) in [5.41, 5.74) is 1.09. The molecule has 0 atom stereocenters. The smallest absolute Gasteiger partial charge is 0.216 e. The second-order valence-electron chi connectivity index (χ2n) is 5.52. The summed E-state index contributed by atoms with van der Waals surface area (Å²) in [4.78, 5) is 8.48. The molecule has 0 N–H and O–H groups in total. The van der Waals surface area contributed by atoms with Gasteiger partial charge in [-0.25, -0.2) is 9.97 Å². The van der Waals surface area contributed by atoms with Gasteiger partial charge in [-0.3, -0.25) is 0 Å². The Morgan fingerprint density at radius 1 is 1.19 bits per heavy atom. The van der Waals surface area contributed by atoms with E-state index in [2.05, 4.69) is 30.7 Å². The van der Waals surface area contributed by atoms with Gasteiger partial charge in [0.05, 0.1) is 5.69 Å². The van der Waals surface area contributed by atoms with Gasteiger partial charge in [0.15, 0.2) is 0 Å². The number of aromatic nitrogens is 2. The number of ether oxygens (including phenoxy) is 1. The van der Waals surface area contributed by atoms with Crippen molar-refractivity contribution in [1.82, 2.24) is 9.97 Å². The molecule has 0 amide bonds. The largest absolute Gasteiger partial charge is 0.474 e. The molecule has 2 rings (SSSR count). The normalized spacial score (nSPS) is 17.7. The van der Waals surface area contributed by atoms with Crippen LogP contribution in [0.3, 0.4) is 0 Å². The van der Waals surface area contributed by atoms with Crippen LogP contribution >= 0.6 is 0 Å². The zero-order valence-electron chi connectivity index (χ0n) is 10.4. The maximum Gasteiger partial charge on any atom is 0.216 e. The molecule has 0 saturated heterocycles. The van der Waals surface area contributed by atoms with Crippen LogP contribution in [0, 0.1) is 0 Å². The van der Waals surface area contributed by atoms with Crippen LogP contribution in [-0.4, -0.2) is 16.1 Å². The summed E-state index contributed by atoms with van der Waals surface area (Å²) in [5, 5.41) is 0. The van der Waals surface area contributed by atoms with Gasteiger partial charge in [0.1, 0.15) is 12.4 Å². The summed E-state index contributed by atoms with van der Waals surface area (Å²) in [6.45, 7) is 6.44. The fraction of sp³-hybridized carbons (Fsp3) is 0.692. The molecule has 1 aromatic rings. The summed E-state index contributed by atoms with van der Waals surface area (Å²) < 4.78 is 5.86. The van der Waals surface area contributed by atoms with E-state index in [0.29, 0.717) is 6.10 Å². The monoisotopic (exact) mass is 220 g/mol. The first-order valence-corrected chi connectivity index (χ1v) is 6.05. The lowest BCUT2D eigenvalue weighted by atomic mass is 9.92. The van der Waals surface area contributed by atoms with Crippen molar-refractivity contribution in [3.8, 4) is 5.88 Å². The van der Waals surface area contributed by atoms with Gasteiger partial charge in [0, 0.05) is 11.5 Å². The highest BCUT2D eigenvalue weighted by molar-refractivity contribution is 5.19. The minimum Gasteiger partial charge on any atom is -0.474 e. The molecule has 1 heterocycles. The van der Waals surface area contributed by atoms with Gasteiger partial charge >= 0.3 is 0 Å². The lowest BCUT2D eigenvalue weighted by molar-refractivity contribution is 0.200. The molecule has 0 aliphatic heterocycles. The van der Waals surface area contributed by atoms with Gasteiger partial charge in [0.25, 0.3) is 0 Å². The Labute approximate surface area is 97.3 Å². The summed E-state index contributed by atoms with van der Waals surface area (Å²) in [6.07, 6.45) is 6.85. The lowest BCUT2D eigenvalue weighted by Gasteiger charge is -2.19. The third kappa shape index (κ3) is 2.71. The van der Waals surface area contributed by atoms with Gasteiger partial charge in [-0.1, -0.05) is 20.8 Å². The topological polar surface area (TPSA) is 35.0 Å². The van der Waals surface area contributed by atoms with Crippen LogP contribution in [0.5, 0.6) is 5.88 Å². The quantitative estimate of drug-likeness (QED) is 0.768. The molecule has 0 unspecified atom stereocenters. The molecule has 3 nitrogen and oxygen atoms in total. The highest BCUT2D eigenvalue weighted by Crippen LogP contribution is 2.25. The minimum absolute atomic E-state index is 0.0523. The van der Waals surface area contributed by atoms with Crippen LogP contribution < -0.4 is 4.74 Å². The summed E-state index contributed by atoms with van der Waals surface area (Å²) in [5.74, 6) is 0.729. The van der Waals surface area contributed by atoms with Crippen molar-refractivity contribution in [2.24, 2.45) is 0 Å². The molecule has 1 fully saturated rings. The Morgan fingerprint density at radius 2 is 1.88 bits per heavy atom. The third-order valence-electron chi connectivity index (χ3n) is 3.00. The summed E-state index contributed by atoms with van der Waals surface area (Å²) in [6, 6.07) is 1.97. The Kier molecular flexibility index (Phi) is 3.13. The molecule has 1 saturated carbocycles. The van der Waals surface area contributed by atoms with E-state index in [1.807, 2.05) is 6.07 Å². The van der Waals surface area contributed by atoms with Gasteiger partial charge in [-0.2, -0.15) is 0 Å². The molecule has 1 aromatic heterocycles. The first kappa shape index (κ1) is 11.4. The Morgan fingerprint density at radius 3 is 2.50 bits per heavy atom. The number of rotatable bonds is 2. The fourth-order valence-corrected chi connectivity index (χ4v) is 1.99.